The van der Waals surface area contributed by atoms with Gasteiger partial charge in [0.2, 0.25) is 11.8 Å². The van der Waals surface area contributed by atoms with Crippen molar-refractivity contribution < 1.29 is 18.7 Å². The molecule has 11 heteroatoms. The maximum Gasteiger partial charge on any atom is 0.270 e. The number of hydrogen-bond acceptors (Lipinski definition) is 7. The number of carbonyl (C=O) groups is 2. The van der Waals surface area contributed by atoms with Crippen molar-refractivity contribution in [3.63, 3.8) is 0 Å². The van der Waals surface area contributed by atoms with Crippen molar-refractivity contribution in [1.29, 1.82) is 0 Å². The van der Waals surface area contributed by atoms with Gasteiger partial charge < -0.3 is 21.1 Å². The second kappa shape index (κ2) is 11.5. The average molecular weight is 512 g/mol. The number of rotatable bonds is 12. The number of ether oxygens (including phenoxy) is 1. The molecule has 10 nitrogen and oxygen atoms in total. The van der Waals surface area contributed by atoms with Gasteiger partial charge >= 0.3 is 0 Å². The fraction of sp³-hybridized carbons (Fsp3) is 0.500. The van der Waals surface area contributed by atoms with Gasteiger partial charge in [-0.05, 0) is 75.6 Å². The van der Waals surface area contributed by atoms with Crippen LogP contribution in [0.25, 0.3) is 0 Å². The van der Waals surface area contributed by atoms with Gasteiger partial charge in [0.15, 0.2) is 0 Å². The first kappa shape index (κ1) is 26.3. The molecule has 2 amide bonds. The Hall–Kier alpha value is -3.76. The number of nitrogens with zero attached hydrogens (tertiary/aromatic N) is 4. The Morgan fingerprint density at radius 1 is 1.27 bits per heavy atom. The number of methoxy groups -OCH3 is 1. The molecule has 0 spiro atoms. The van der Waals surface area contributed by atoms with E-state index in [1.54, 1.807) is 10.9 Å². The van der Waals surface area contributed by atoms with Crippen LogP contribution in [0.2, 0.25) is 0 Å². The Morgan fingerprint density at radius 3 is 2.57 bits per heavy atom. The number of aliphatic imine (C=N–C) groups is 1. The Balaban J connectivity index is 1.51. The lowest BCUT2D eigenvalue weighted by molar-refractivity contribution is -0.124. The van der Waals surface area contributed by atoms with E-state index >= 15 is 0 Å². The van der Waals surface area contributed by atoms with Crippen LogP contribution in [-0.2, 0) is 16.1 Å². The molecule has 4 rings (SSSR count). The predicted molar refractivity (Wildman–Crippen MR) is 137 cm³/mol. The summed E-state index contributed by atoms with van der Waals surface area (Å²) in [6.07, 6.45) is 11.2. The van der Waals surface area contributed by atoms with Crippen LogP contribution in [0.5, 0.6) is 5.88 Å². The van der Waals surface area contributed by atoms with E-state index in [1.165, 1.54) is 31.6 Å². The molecule has 0 aromatic carbocycles. The summed E-state index contributed by atoms with van der Waals surface area (Å²) in [6.45, 7) is 3.94. The number of hydrogen-bond donors (Lipinski definition) is 3. The van der Waals surface area contributed by atoms with E-state index in [9.17, 15) is 14.0 Å². The number of nitrogens with one attached hydrogen (secondary N) is 2. The van der Waals surface area contributed by atoms with Gasteiger partial charge in [0.25, 0.3) is 5.91 Å². The number of nitrogens with two attached hydrogens (primary N) is 1. The molecule has 2 heterocycles. The van der Waals surface area contributed by atoms with Crippen molar-refractivity contribution in [2.45, 2.75) is 58.2 Å². The highest BCUT2D eigenvalue weighted by atomic mass is 19.1. The Morgan fingerprint density at radius 2 is 1.97 bits per heavy atom. The highest BCUT2D eigenvalue weighted by Gasteiger charge is 2.48. The first-order valence-electron chi connectivity index (χ1n) is 12.6. The van der Waals surface area contributed by atoms with Crippen LogP contribution in [-0.4, -0.2) is 51.5 Å². The van der Waals surface area contributed by atoms with E-state index in [1.807, 2.05) is 13.8 Å². The average Bonchev–Trinajstić information content (AvgIpc) is 3.79. The Labute approximate surface area is 215 Å². The molecule has 0 aliphatic heterocycles. The Bertz CT molecular complexity index is 1170. The number of amides is 2. The molecule has 2 aromatic rings. The van der Waals surface area contributed by atoms with Crippen molar-refractivity contribution in [3.05, 3.63) is 48.3 Å². The summed E-state index contributed by atoms with van der Waals surface area (Å²) in [5.74, 6) is -0.0302. The molecule has 0 saturated heterocycles. The summed E-state index contributed by atoms with van der Waals surface area (Å²) in [4.78, 5) is 35.0. The molecule has 198 valence electrons. The van der Waals surface area contributed by atoms with Crippen molar-refractivity contribution in [3.8, 4) is 5.88 Å². The molecule has 1 atom stereocenters. The van der Waals surface area contributed by atoms with Gasteiger partial charge in [-0.25, -0.2) is 9.37 Å². The highest BCUT2D eigenvalue weighted by molar-refractivity contribution is 6.43. The van der Waals surface area contributed by atoms with Crippen molar-refractivity contribution in [2.75, 3.05) is 12.4 Å². The quantitative estimate of drug-likeness (QED) is 0.375. The number of aromatic nitrogens is 3. The minimum Gasteiger partial charge on any atom is -0.481 e. The standard InChI is InChI=1S/C26H34FN7O3/c1-15(2)31-21(8-9-28)24(35)33-23(22(16-4-5-16)17-6-7-17)25(36)32-20-12-30-34(14-20)13-18-10-19(27)11-29-26(18)37-3/h8-12,14-17,22-23H,4-7,13,28H2,1-3H3,(H,32,36)(H,33,35)/t23-/m0/s1. The minimum absolute atomic E-state index is 0.0591. The highest BCUT2D eigenvalue weighted by Crippen LogP contribution is 2.50. The maximum absolute atomic E-state index is 13.7. The summed E-state index contributed by atoms with van der Waals surface area (Å²) in [5.41, 5.74) is 6.70. The van der Waals surface area contributed by atoms with Crippen LogP contribution >= 0.6 is 0 Å². The van der Waals surface area contributed by atoms with E-state index < -0.39 is 17.8 Å². The summed E-state index contributed by atoms with van der Waals surface area (Å²) < 4.78 is 20.5. The lowest BCUT2D eigenvalue weighted by Gasteiger charge is -2.27. The third-order valence-electron chi connectivity index (χ3n) is 6.49. The fourth-order valence-electron chi connectivity index (χ4n) is 4.66. The minimum atomic E-state index is -0.716. The zero-order valence-corrected chi connectivity index (χ0v) is 21.4. The molecule has 2 aromatic heterocycles. The molecule has 2 aliphatic carbocycles. The fourth-order valence-corrected chi connectivity index (χ4v) is 4.66. The normalized spacial score (nSPS) is 16.9. The van der Waals surface area contributed by atoms with Gasteiger partial charge in [-0.3, -0.25) is 19.3 Å². The van der Waals surface area contributed by atoms with E-state index in [-0.39, 0.29) is 30.1 Å². The molecule has 37 heavy (non-hydrogen) atoms. The van der Waals surface area contributed by atoms with Crippen LogP contribution in [0.4, 0.5) is 10.1 Å². The molecule has 2 aliphatic rings. The first-order chi connectivity index (χ1) is 17.8. The first-order valence-corrected chi connectivity index (χ1v) is 12.6. The topological polar surface area (TPSA) is 137 Å². The van der Waals surface area contributed by atoms with Gasteiger partial charge in [-0.15, -0.1) is 0 Å². The molecular formula is C26H34FN7O3. The largest absolute Gasteiger partial charge is 0.481 e. The van der Waals surface area contributed by atoms with Crippen LogP contribution in [0.1, 0.15) is 45.1 Å². The second-order valence-corrected chi connectivity index (χ2v) is 9.91. The Kier molecular flexibility index (Phi) is 8.20. The zero-order chi connectivity index (χ0) is 26.5. The lowest BCUT2D eigenvalue weighted by Crippen LogP contribution is -2.51. The van der Waals surface area contributed by atoms with E-state index in [2.05, 4.69) is 25.7 Å². The molecule has 0 bridgehead atoms. The maximum atomic E-state index is 13.7. The molecule has 4 N–H and O–H groups in total. The summed E-state index contributed by atoms with van der Waals surface area (Å²) in [7, 11) is 1.46. The predicted octanol–water partition coefficient (Wildman–Crippen LogP) is 2.66. The number of pyridine rings is 1. The zero-order valence-electron chi connectivity index (χ0n) is 21.4. The van der Waals surface area contributed by atoms with Crippen molar-refractivity contribution in [1.82, 2.24) is 20.1 Å². The molecule has 2 fully saturated rings. The van der Waals surface area contributed by atoms with Crippen LogP contribution in [0.3, 0.4) is 0 Å². The molecule has 0 radical (unpaired) electrons. The monoisotopic (exact) mass is 511 g/mol. The number of anilines is 1. The SMILES string of the molecule is COc1ncc(F)cc1Cn1cc(NC(=O)[C@@H](NC(=O)C(C=CN)=NC(C)C)C(C2CC2)C2CC2)cn1. The van der Waals surface area contributed by atoms with Gasteiger partial charge in [-0.2, -0.15) is 5.10 Å². The van der Waals surface area contributed by atoms with E-state index in [0.29, 0.717) is 29.0 Å². The van der Waals surface area contributed by atoms with E-state index in [4.69, 9.17) is 10.5 Å². The third-order valence-corrected chi connectivity index (χ3v) is 6.49. The summed E-state index contributed by atoms with van der Waals surface area (Å²) in [5, 5.41) is 10.1. The molecule has 0 unspecified atom stereocenters. The van der Waals surface area contributed by atoms with E-state index in [0.717, 1.165) is 31.9 Å². The second-order valence-electron chi connectivity index (χ2n) is 9.91. The van der Waals surface area contributed by atoms with Gasteiger partial charge in [0.05, 0.1) is 31.7 Å². The van der Waals surface area contributed by atoms with Crippen LogP contribution in [0.15, 0.2) is 41.9 Å². The number of halogens is 1. The summed E-state index contributed by atoms with van der Waals surface area (Å²) >= 11 is 0. The molecule has 2 saturated carbocycles. The van der Waals surface area contributed by atoms with Crippen molar-refractivity contribution >= 4 is 23.2 Å². The molecular weight excluding hydrogens is 477 g/mol. The lowest BCUT2D eigenvalue weighted by atomic mass is 9.88. The van der Waals surface area contributed by atoms with Crippen molar-refractivity contribution in [2.24, 2.45) is 28.5 Å². The van der Waals surface area contributed by atoms with Gasteiger partial charge in [0.1, 0.15) is 17.6 Å². The third kappa shape index (κ3) is 6.93. The van der Waals surface area contributed by atoms with Gasteiger partial charge in [0, 0.05) is 17.8 Å². The van der Waals surface area contributed by atoms with Crippen LogP contribution < -0.4 is 21.1 Å². The number of carbonyl (C=O) groups excluding carboxylic acids is 2. The summed E-state index contributed by atoms with van der Waals surface area (Å²) in [6, 6.07) is 0.510. The van der Waals surface area contributed by atoms with Crippen LogP contribution in [0, 0.1) is 23.6 Å². The smallest absolute Gasteiger partial charge is 0.270 e. The van der Waals surface area contributed by atoms with Gasteiger partial charge in [-0.1, -0.05) is 0 Å².